The van der Waals surface area contributed by atoms with Crippen molar-refractivity contribution in [2.24, 2.45) is 5.92 Å². The number of sulfonamides is 1. The maximum absolute atomic E-state index is 13.3. The summed E-state index contributed by atoms with van der Waals surface area (Å²) in [5.41, 5.74) is 0.439. The van der Waals surface area contributed by atoms with Crippen molar-refractivity contribution >= 4 is 26.8 Å². The van der Waals surface area contributed by atoms with Gasteiger partial charge in [-0.25, -0.2) is 18.1 Å². The van der Waals surface area contributed by atoms with E-state index in [-0.39, 0.29) is 40.3 Å². The molecular weight excluding hydrogens is 468 g/mol. The topological polar surface area (TPSA) is 121 Å². The lowest BCUT2D eigenvalue weighted by Gasteiger charge is -2.29. The van der Waals surface area contributed by atoms with Crippen LogP contribution in [-0.2, 0) is 16.6 Å². The number of ether oxygens (including phenoxy) is 1. The third kappa shape index (κ3) is 5.38. The van der Waals surface area contributed by atoms with E-state index in [1.807, 2.05) is 6.92 Å². The lowest BCUT2D eigenvalue weighted by molar-refractivity contribution is 0.0781. The number of H-pyrrole nitrogens is 1. The summed E-state index contributed by atoms with van der Waals surface area (Å²) in [7, 11) is -0.949. The van der Waals surface area contributed by atoms with Gasteiger partial charge < -0.3 is 14.6 Å². The molecule has 0 bridgehead atoms. The van der Waals surface area contributed by atoms with Gasteiger partial charge in [-0.2, -0.15) is 0 Å². The zero-order valence-electron chi connectivity index (χ0n) is 20.1. The van der Waals surface area contributed by atoms with E-state index in [2.05, 4.69) is 14.7 Å². The second kappa shape index (κ2) is 10.2. The number of amides is 1. The van der Waals surface area contributed by atoms with E-state index in [4.69, 9.17) is 4.74 Å². The number of benzene rings is 2. The second-order valence-electron chi connectivity index (χ2n) is 9.05. The first kappa shape index (κ1) is 24.9. The van der Waals surface area contributed by atoms with Gasteiger partial charge in [-0.3, -0.25) is 9.59 Å². The van der Waals surface area contributed by atoms with Gasteiger partial charge in [0.15, 0.2) is 0 Å². The molecule has 0 unspecified atom stereocenters. The number of aromatic amines is 1. The van der Waals surface area contributed by atoms with Crippen LogP contribution in [0.15, 0.2) is 52.2 Å². The summed E-state index contributed by atoms with van der Waals surface area (Å²) < 4.78 is 34.6. The van der Waals surface area contributed by atoms with Crippen LogP contribution in [0.1, 0.15) is 48.8 Å². The van der Waals surface area contributed by atoms with Gasteiger partial charge in [-0.1, -0.05) is 31.9 Å². The molecule has 2 N–H and O–H groups in total. The third-order valence-electron chi connectivity index (χ3n) is 6.51. The fourth-order valence-electron chi connectivity index (χ4n) is 4.50. The standard InChI is InChI=1S/C25H30N4O5S/c1-16-8-4-6-10-19(16)28-35(32,33)22-14-17(12-13-21(22)34-3)25(31)29(2)15-23-26-20-11-7-5-9-18(20)24(30)27-23/h5,7,9,11-14,16,19,28H,4,6,8,10,15H2,1-3H3,(H,26,27,30)/t16-,19-/m0/s1. The second-order valence-corrected chi connectivity index (χ2v) is 10.7. The Labute approximate surface area is 204 Å². The number of methoxy groups -OCH3 is 1. The minimum Gasteiger partial charge on any atom is -0.495 e. The Kier molecular flexibility index (Phi) is 7.23. The predicted molar refractivity (Wildman–Crippen MR) is 133 cm³/mol. The summed E-state index contributed by atoms with van der Waals surface area (Å²) in [6, 6.07) is 11.1. The molecular formula is C25H30N4O5S. The summed E-state index contributed by atoms with van der Waals surface area (Å²) in [6.07, 6.45) is 3.82. The molecule has 2 atom stereocenters. The molecule has 1 saturated carbocycles. The number of carbonyl (C=O) groups excluding carboxylic acids is 1. The molecule has 1 aromatic heterocycles. The van der Waals surface area contributed by atoms with Gasteiger partial charge in [-0.15, -0.1) is 0 Å². The van der Waals surface area contributed by atoms with Gasteiger partial charge in [0.2, 0.25) is 10.0 Å². The minimum absolute atomic E-state index is 0.0465. The average molecular weight is 499 g/mol. The quantitative estimate of drug-likeness (QED) is 0.516. The number of fused-ring (bicyclic) bond motifs is 1. The molecule has 1 amide bonds. The number of hydrogen-bond acceptors (Lipinski definition) is 6. The highest BCUT2D eigenvalue weighted by molar-refractivity contribution is 7.89. The maximum atomic E-state index is 13.3. The van der Waals surface area contributed by atoms with Crippen molar-refractivity contribution in [2.75, 3.05) is 14.2 Å². The van der Waals surface area contributed by atoms with Crippen molar-refractivity contribution in [1.82, 2.24) is 19.6 Å². The summed E-state index contributed by atoms with van der Waals surface area (Å²) in [5.74, 6) is 0.322. The van der Waals surface area contributed by atoms with Crippen LogP contribution in [0.2, 0.25) is 0 Å². The SMILES string of the molecule is COc1ccc(C(=O)N(C)Cc2nc3ccccc3c(=O)[nH]2)cc1S(=O)(=O)N[C@H]1CCCC[C@@H]1C. The fourth-order valence-corrected chi connectivity index (χ4v) is 6.07. The van der Waals surface area contributed by atoms with Crippen LogP contribution >= 0.6 is 0 Å². The molecule has 4 rings (SSSR count). The van der Waals surface area contributed by atoms with Gasteiger partial charge in [0.05, 0.1) is 24.6 Å². The predicted octanol–water partition coefficient (Wildman–Crippen LogP) is 3.06. The largest absolute Gasteiger partial charge is 0.495 e. The van der Waals surface area contributed by atoms with Crippen molar-refractivity contribution in [3.63, 3.8) is 0 Å². The number of aromatic nitrogens is 2. The van der Waals surface area contributed by atoms with E-state index in [0.717, 1.165) is 25.7 Å². The molecule has 1 heterocycles. The molecule has 0 saturated heterocycles. The van der Waals surface area contributed by atoms with Gasteiger partial charge in [0, 0.05) is 18.7 Å². The Morgan fingerprint density at radius 2 is 1.94 bits per heavy atom. The Balaban J connectivity index is 1.58. The van der Waals surface area contributed by atoms with Crippen LogP contribution in [-0.4, -0.2) is 49.4 Å². The van der Waals surface area contributed by atoms with Crippen LogP contribution in [0, 0.1) is 5.92 Å². The van der Waals surface area contributed by atoms with E-state index < -0.39 is 15.9 Å². The number of nitrogens with zero attached hydrogens (tertiary/aromatic N) is 2. The molecule has 186 valence electrons. The van der Waals surface area contributed by atoms with Crippen molar-refractivity contribution in [3.05, 3.63) is 64.2 Å². The van der Waals surface area contributed by atoms with Crippen LogP contribution < -0.4 is 15.0 Å². The third-order valence-corrected chi connectivity index (χ3v) is 8.02. The molecule has 2 aromatic carbocycles. The highest BCUT2D eigenvalue weighted by Crippen LogP contribution is 2.29. The number of para-hydroxylation sites is 1. The first-order chi connectivity index (χ1) is 16.7. The van der Waals surface area contributed by atoms with Crippen LogP contribution in [0.3, 0.4) is 0 Å². The molecule has 0 aliphatic heterocycles. The molecule has 0 spiro atoms. The summed E-state index contributed by atoms with van der Waals surface area (Å²) in [6.45, 7) is 2.09. The van der Waals surface area contributed by atoms with Crippen molar-refractivity contribution in [2.45, 2.75) is 50.1 Å². The molecule has 3 aromatic rings. The van der Waals surface area contributed by atoms with Gasteiger partial charge >= 0.3 is 0 Å². The molecule has 9 nitrogen and oxygen atoms in total. The Hall–Kier alpha value is -3.24. The highest BCUT2D eigenvalue weighted by atomic mass is 32.2. The first-order valence-corrected chi connectivity index (χ1v) is 13.1. The molecule has 1 aliphatic rings. The molecule has 1 aliphatic carbocycles. The van der Waals surface area contributed by atoms with E-state index in [1.165, 1.54) is 30.2 Å². The number of hydrogen-bond donors (Lipinski definition) is 2. The van der Waals surface area contributed by atoms with Crippen LogP contribution in [0.4, 0.5) is 0 Å². The Morgan fingerprint density at radius 3 is 2.69 bits per heavy atom. The summed E-state index contributed by atoms with van der Waals surface area (Å²) in [4.78, 5) is 34.0. The van der Waals surface area contributed by atoms with Gasteiger partial charge in [0.1, 0.15) is 16.5 Å². The zero-order valence-corrected chi connectivity index (χ0v) is 20.9. The monoisotopic (exact) mass is 498 g/mol. The Bertz CT molecular complexity index is 1400. The minimum atomic E-state index is -3.91. The normalized spacial score (nSPS) is 18.4. The van der Waals surface area contributed by atoms with E-state index in [0.29, 0.717) is 16.7 Å². The first-order valence-electron chi connectivity index (χ1n) is 11.6. The number of carbonyl (C=O) groups is 1. The summed E-state index contributed by atoms with van der Waals surface area (Å²) in [5, 5.41) is 0.468. The van der Waals surface area contributed by atoms with Crippen LogP contribution in [0.5, 0.6) is 5.75 Å². The van der Waals surface area contributed by atoms with E-state index in [1.54, 1.807) is 31.3 Å². The summed E-state index contributed by atoms with van der Waals surface area (Å²) >= 11 is 0. The molecule has 10 heteroatoms. The van der Waals surface area contributed by atoms with Gasteiger partial charge in [-0.05, 0) is 49.1 Å². The highest BCUT2D eigenvalue weighted by Gasteiger charge is 2.29. The number of nitrogens with one attached hydrogen (secondary N) is 2. The Morgan fingerprint density at radius 1 is 1.20 bits per heavy atom. The lowest BCUT2D eigenvalue weighted by Crippen LogP contribution is -2.41. The smallest absolute Gasteiger partial charge is 0.258 e. The molecule has 0 radical (unpaired) electrons. The van der Waals surface area contributed by atoms with Crippen LogP contribution in [0.25, 0.3) is 10.9 Å². The van der Waals surface area contributed by atoms with Crippen molar-refractivity contribution in [3.8, 4) is 5.75 Å². The fraction of sp³-hybridized carbons (Fsp3) is 0.400. The molecule has 35 heavy (non-hydrogen) atoms. The average Bonchev–Trinajstić information content (AvgIpc) is 2.84. The van der Waals surface area contributed by atoms with E-state index in [9.17, 15) is 18.0 Å². The number of rotatable bonds is 7. The maximum Gasteiger partial charge on any atom is 0.258 e. The van der Waals surface area contributed by atoms with Crippen molar-refractivity contribution in [1.29, 1.82) is 0 Å². The zero-order chi connectivity index (χ0) is 25.2. The van der Waals surface area contributed by atoms with Crippen molar-refractivity contribution < 1.29 is 17.9 Å². The van der Waals surface area contributed by atoms with Gasteiger partial charge in [0.25, 0.3) is 11.5 Å². The molecule has 1 fully saturated rings. The van der Waals surface area contributed by atoms with E-state index >= 15 is 0 Å². The lowest BCUT2D eigenvalue weighted by atomic mass is 9.87.